The number of ether oxygens (including phenoxy) is 1. The van der Waals surface area contributed by atoms with Crippen LogP contribution in [0.2, 0.25) is 0 Å². The summed E-state index contributed by atoms with van der Waals surface area (Å²) in [5.74, 6) is 0. The fourth-order valence-corrected chi connectivity index (χ4v) is 2.34. The molecule has 0 spiro atoms. The lowest BCUT2D eigenvalue weighted by Crippen LogP contribution is -2.36. The molecule has 0 atom stereocenters. The van der Waals surface area contributed by atoms with Crippen LogP contribution < -0.4 is 5.32 Å². The number of hydrogen-bond donors (Lipinski definition) is 1. The van der Waals surface area contributed by atoms with Crippen molar-refractivity contribution in [2.75, 3.05) is 19.8 Å². The molecule has 3 nitrogen and oxygen atoms in total. The van der Waals surface area contributed by atoms with E-state index in [9.17, 15) is 0 Å². The molecule has 96 valence electrons. The van der Waals surface area contributed by atoms with Gasteiger partial charge in [-0.25, -0.2) is 0 Å². The summed E-state index contributed by atoms with van der Waals surface area (Å²) < 4.78 is 7.63. The first-order chi connectivity index (χ1) is 8.22. The molecule has 1 aromatic heterocycles. The third-order valence-corrected chi connectivity index (χ3v) is 3.76. The highest BCUT2D eigenvalue weighted by Crippen LogP contribution is 2.28. The molecule has 0 bridgehead atoms. The second kappa shape index (κ2) is 5.69. The van der Waals surface area contributed by atoms with Crippen LogP contribution in [0.25, 0.3) is 0 Å². The van der Waals surface area contributed by atoms with E-state index in [0.29, 0.717) is 5.41 Å². The van der Waals surface area contributed by atoms with Crippen molar-refractivity contribution >= 4 is 0 Å². The van der Waals surface area contributed by atoms with Crippen LogP contribution in [0.3, 0.4) is 0 Å². The van der Waals surface area contributed by atoms with Gasteiger partial charge in [-0.15, -0.1) is 0 Å². The van der Waals surface area contributed by atoms with E-state index in [1.165, 1.54) is 18.4 Å². The number of nitrogens with zero attached hydrogens (tertiary/aromatic N) is 1. The molecule has 1 aliphatic heterocycles. The van der Waals surface area contributed by atoms with E-state index in [-0.39, 0.29) is 0 Å². The first-order valence-electron chi connectivity index (χ1n) is 6.65. The van der Waals surface area contributed by atoms with Crippen molar-refractivity contribution in [3.8, 4) is 0 Å². The van der Waals surface area contributed by atoms with Crippen LogP contribution in [-0.2, 0) is 17.8 Å². The molecule has 0 saturated carbocycles. The van der Waals surface area contributed by atoms with Crippen LogP contribution in [0.15, 0.2) is 18.5 Å². The summed E-state index contributed by atoms with van der Waals surface area (Å²) >= 11 is 0. The third kappa shape index (κ3) is 3.58. The van der Waals surface area contributed by atoms with Gasteiger partial charge >= 0.3 is 0 Å². The monoisotopic (exact) mass is 236 g/mol. The van der Waals surface area contributed by atoms with Gasteiger partial charge in [-0.05, 0) is 36.8 Å². The molecule has 17 heavy (non-hydrogen) atoms. The van der Waals surface area contributed by atoms with Crippen molar-refractivity contribution < 1.29 is 4.74 Å². The van der Waals surface area contributed by atoms with Crippen molar-refractivity contribution in [1.29, 1.82) is 0 Å². The zero-order chi connectivity index (χ0) is 12.1. The van der Waals surface area contributed by atoms with E-state index in [0.717, 1.165) is 32.8 Å². The van der Waals surface area contributed by atoms with Crippen LogP contribution in [0.1, 0.15) is 32.3 Å². The molecule has 1 saturated heterocycles. The predicted octanol–water partition coefficient (Wildman–Crippen LogP) is 2.41. The molecular formula is C14H24N2O. The maximum absolute atomic E-state index is 5.42. The van der Waals surface area contributed by atoms with Crippen LogP contribution in [0, 0.1) is 5.41 Å². The Bertz CT molecular complexity index is 340. The first-order valence-corrected chi connectivity index (χ1v) is 6.65. The topological polar surface area (TPSA) is 26.2 Å². The number of aromatic nitrogens is 1. The molecule has 1 aromatic rings. The average Bonchev–Trinajstić information content (AvgIpc) is 2.78. The molecule has 3 heteroatoms. The molecule has 0 aliphatic carbocycles. The van der Waals surface area contributed by atoms with Gasteiger partial charge in [0, 0.05) is 45.2 Å². The number of aryl methyl sites for hydroxylation is 1. The third-order valence-electron chi connectivity index (χ3n) is 3.76. The molecule has 1 fully saturated rings. The Labute approximate surface area is 104 Å². The molecule has 0 radical (unpaired) electrons. The summed E-state index contributed by atoms with van der Waals surface area (Å²) in [6.45, 7) is 9.49. The normalized spacial score (nSPS) is 19.4. The summed E-state index contributed by atoms with van der Waals surface area (Å²) in [6, 6.07) is 2.20. The second-order valence-electron chi connectivity index (χ2n) is 5.38. The Morgan fingerprint density at radius 1 is 1.41 bits per heavy atom. The largest absolute Gasteiger partial charge is 0.381 e. The van der Waals surface area contributed by atoms with Crippen molar-refractivity contribution in [3.63, 3.8) is 0 Å². The smallest absolute Gasteiger partial charge is 0.0471 e. The molecule has 2 rings (SSSR count). The number of rotatable bonds is 5. The van der Waals surface area contributed by atoms with Gasteiger partial charge in [0.05, 0.1) is 0 Å². The predicted molar refractivity (Wildman–Crippen MR) is 70.0 cm³/mol. The van der Waals surface area contributed by atoms with Gasteiger partial charge in [0.1, 0.15) is 0 Å². The maximum Gasteiger partial charge on any atom is 0.0471 e. The fraction of sp³-hybridized carbons (Fsp3) is 0.714. The van der Waals surface area contributed by atoms with Gasteiger partial charge in [0.25, 0.3) is 0 Å². The van der Waals surface area contributed by atoms with Gasteiger partial charge in [-0.3, -0.25) is 0 Å². The quantitative estimate of drug-likeness (QED) is 0.849. The zero-order valence-corrected chi connectivity index (χ0v) is 11.0. The Balaban J connectivity index is 1.74. The highest BCUT2D eigenvalue weighted by molar-refractivity contribution is 5.09. The minimum Gasteiger partial charge on any atom is -0.381 e. The number of nitrogens with one attached hydrogen (secondary N) is 1. The molecule has 0 aromatic carbocycles. The highest BCUT2D eigenvalue weighted by atomic mass is 16.5. The van der Waals surface area contributed by atoms with Crippen LogP contribution in [0.5, 0.6) is 0 Å². The van der Waals surface area contributed by atoms with E-state index < -0.39 is 0 Å². The van der Waals surface area contributed by atoms with Crippen molar-refractivity contribution in [2.45, 2.75) is 39.8 Å². The van der Waals surface area contributed by atoms with Crippen LogP contribution in [0.4, 0.5) is 0 Å². The first kappa shape index (κ1) is 12.7. The fourth-order valence-electron chi connectivity index (χ4n) is 2.34. The van der Waals surface area contributed by atoms with Gasteiger partial charge < -0.3 is 14.6 Å². The lowest BCUT2D eigenvalue weighted by atomic mass is 9.82. The van der Waals surface area contributed by atoms with E-state index >= 15 is 0 Å². The maximum atomic E-state index is 5.42. The summed E-state index contributed by atoms with van der Waals surface area (Å²) in [7, 11) is 0. The van der Waals surface area contributed by atoms with E-state index in [2.05, 4.69) is 42.2 Å². The molecule has 0 amide bonds. The minimum atomic E-state index is 0.422. The van der Waals surface area contributed by atoms with Gasteiger partial charge in [-0.2, -0.15) is 0 Å². The Morgan fingerprint density at radius 3 is 2.82 bits per heavy atom. The summed E-state index contributed by atoms with van der Waals surface area (Å²) in [6.07, 6.45) is 6.72. The minimum absolute atomic E-state index is 0.422. The summed E-state index contributed by atoms with van der Waals surface area (Å²) in [4.78, 5) is 0. The van der Waals surface area contributed by atoms with Crippen molar-refractivity contribution in [2.24, 2.45) is 5.41 Å². The molecular weight excluding hydrogens is 212 g/mol. The molecule has 0 unspecified atom stereocenters. The molecule has 2 heterocycles. The van der Waals surface area contributed by atoms with Crippen LogP contribution in [-0.4, -0.2) is 24.3 Å². The van der Waals surface area contributed by atoms with Gasteiger partial charge in [0.15, 0.2) is 0 Å². The molecule has 1 N–H and O–H groups in total. The molecule has 1 aliphatic rings. The van der Waals surface area contributed by atoms with Gasteiger partial charge in [0.2, 0.25) is 0 Å². The average molecular weight is 236 g/mol. The van der Waals surface area contributed by atoms with Crippen molar-refractivity contribution in [3.05, 3.63) is 24.0 Å². The Kier molecular flexibility index (Phi) is 4.24. The van der Waals surface area contributed by atoms with Gasteiger partial charge in [-0.1, -0.05) is 6.92 Å². The number of hydrogen-bond acceptors (Lipinski definition) is 2. The summed E-state index contributed by atoms with van der Waals surface area (Å²) in [5, 5.41) is 3.58. The SMILES string of the molecule is CCn1ccc(CNCC2(C)CCOCC2)c1. The summed E-state index contributed by atoms with van der Waals surface area (Å²) in [5.41, 5.74) is 1.80. The zero-order valence-electron chi connectivity index (χ0n) is 11.0. The standard InChI is InChI=1S/C14H24N2O/c1-3-16-7-4-13(11-16)10-15-12-14(2)5-8-17-9-6-14/h4,7,11,15H,3,5-6,8-10,12H2,1-2H3. The Hall–Kier alpha value is -0.800. The van der Waals surface area contributed by atoms with Crippen LogP contribution >= 0.6 is 0 Å². The Morgan fingerprint density at radius 2 is 2.18 bits per heavy atom. The van der Waals surface area contributed by atoms with E-state index in [4.69, 9.17) is 4.74 Å². The lowest BCUT2D eigenvalue weighted by molar-refractivity contribution is 0.0240. The highest BCUT2D eigenvalue weighted by Gasteiger charge is 2.26. The lowest BCUT2D eigenvalue weighted by Gasteiger charge is -2.33. The van der Waals surface area contributed by atoms with E-state index in [1.54, 1.807) is 0 Å². The van der Waals surface area contributed by atoms with E-state index in [1.807, 2.05) is 0 Å². The van der Waals surface area contributed by atoms with Crippen molar-refractivity contribution in [1.82, 2.24) is 9.88 Å². The second-order valence-corrected chi connectivity index (χ2v) is 5.38.